The molecule has 5 nitrogen and oxygen atoms in total. The van der Waals surface area contributed by atoms with Crippen molar-refractivity contribution in [1.82, 2.24) is 9.55 Å². The fourth-order valence-corrected chi connectivity index (χ4v) is 3.10. The maximum Gasteiger partial charge on any atom is 0.325 e. The van der Waals surface area contributed by atoms with Crippen LogP contribution in [0.2, 0.25) is 0 Å². The lowest BCUT2D eigenvalue weighted by atomic mass is 10.2. The van der Waals surface area contributed by atoms with E-state index in [-0.39, 0.29) is 12.5 Å². The van der Waals surface area contributed by atoms with Crippen LogP contribution in [-0.4, -0.2) is 22.1 Å². The Morgan fingerprint density at radius 1 is 1.04 bits per heavy atom. The second-order valence-electron chi connectivity index (χ2n) is 6.25. The van der Waals surface area contributed by atoms with Gasteiger partial charge in [-0.05, 0) is 43.3 Å². The molecule has 136 valence electrons. The largest absolute Gasteiger partial charge is 0.487 e. The second kappa shape index (κ2) is 7.50. The average Bonchev–Trinajstić information content (AvgIpc) is 3.08. The van der Waals surface area contributed by atoms with Gasteiger partial charge in [-0.15, -0.1) is 0 Å². The molecule has 4 rings (SSSR count). The van der Waals surface area contributed by atoms with Crippen LogP contribution >= 0.6 is 0 Å². The molecule has 2 aromatic heterocycles. The SMILES string of the molecule is CCOC(=O)Cn1ccc2cc(OCc3ccc4ccccc4n3)ccc21. The fourth-order valence-electron chi connectivity index (χ4n) is 3.10. The first-order valence-electron chi connectivity index (χ1n) is 8.95. The van der Waals surface area contributed by atoms with Crippen LogP contribution in [0.3, 0.4) is 0 Å². The van der Waals surface area contributed by atoms with Crippen molar-refractivity contribution in [1.29, 1.82) is 0 Å². The van der Waals surface area contributed by atoms with Crippen LogP contribution in [0, 0.1) is 0 Å². The third kappa shape index (κ3) is 3.77. The molecular formula is C22H20N2O3. The number of benzene rings is 2. The predicted octanol–water partition coefficient (Wildman–Crippen LogP) is 4.33. The van der Waals surface area contributed by atoms with Gasteiger partial charge in [0.2, 0.25) is 0 Å². The zero-order valence-corrected chi connectivity index (χ0v) is 15.1. The van der Waals surface area contributed by atoms with E-state index in [4.69, 9.17) is 9.47 Å². The van der Waals surface area contributed by atoms with Crippen molar-refractivity contribution >= 4 is 27.8 Å². The molecule has 5 heteroatoms. The molecule has 0 atom stereocenters. The van der Waals surface area contributed by atoms with Gasteiger partial charge in [0, 0.05) is 22.5 Å². The van der Waals surface area contributed by atoms with E-state index in [1.54, 1.807) is 6.92 Å². The lowest BCUT2D eigenvalue weighted by Gasteiger charge is -2.08. The van der Waals surface area contributed by atoms with Gasteiger partial charge in [-0.2, -0.15) is 0 Å². The number of rotatable bonds is 6. The highest BCUT2D eigenvalue weighted by Crippen LogP contribution is 2.23. The number of hydrogen-bond acceptors (Lipinski definition) is 4. The first kappa shape index (κ1) is 17.1. The van der Waals surface area contributed by atoms with E-state index in [1.807, 2.05) is 65.4 Å². The first-order chi connectivity index (χ1) is 13.2. The topological polar surface area (TPSA) is 53.4 Å². The molecule has 2 aromatic carbocycles. The van der Waals surface area contributed by atoms with Crippen molar-refractivity contribution in [2.45, 2.75) is 20.1 Å². The number of aromatic nitrogens is 2. The van der Waals surface area contributed by atoms with E-state index >= 15 is 0 Å². The molecule has 0 radical (unpaired) electrons. The molecule has 0 bridgehead atoms. The van der Waals surface area contributed by atoms with E-state index in [0.717, 1.165) is 33.2 Å². The minimum Gasteiger partial charge on any atom is -0.487 e. The van der Waals surface area contributed by atoms with Gasteiger partial charge in [-0.3, -0.25) is 4.79 Å². The van der Waals surface area contributed by atoms with Crippen molar-refractivity contribution in [3.05, 3.63) is 72.6 Å². The highest BCUT2D eigenvalue weighted by Gasteiger charge is 2.08. The van der Waals surface area contributed by atoms with Gasteiger partial charge in [-0.1, -0.05) is 24.3 Å². The Labute approximate surface area is 157 Å². The zero-order valence-electron chi connectivity index (χ0n) is 15.1. The van der Waals surface area contributed by atoms with Crippen LogP contribution in [-0.2, 0) is 22.7 Å². The summed E-state index contributed by atoms with van der Waals surface area (Å²) in [5.74, 6) is 0.532. The number of para-hydroxylation sites is 1. The summed E-state index contributed by atoms with van der Waals surface area (Å²) < 4.78 is 12.8. The summed E-state index contributed by atoms with van der Waals surface area (Å²) in [7, 11) is 0. The summed E-state index contributed by atoms with van der Waals surface area (Å²) in [5, 5.41) is 2.13. The van der Waals surface area contributed by atoms with Crippen LogP contribution in [0.5, 0.6) is 5.75 Å². The molecule has 0 N–H and O–H groups in total. The number of nitrogens with zero attached hydrogens (tertiary/aromatic N) is 2. The van der Waals surface area contributed by atoms with Crippen LogP contribution in [0.4, 0.5) is 0 Å². The number of pyridine rings is 1. The molecule has 2 heterocycles. The molecule has 0 aliphatic rings. The minimum atomic E-state index is -0.238. The summed E-state index contributed by atoms with van der Waals surface area (Å²) >= 11 is 0. The molecule has 0 aliphatic heterocycles. The molecule has 0 spiro atoms. The monoisotopic (exact) mass is 360 g/mol. The molecule has 27 heavy (non-hydrogen) atoms. The van der Waals surface area contributed by atoms with Gasteiger partial charge in [-0.25, -0.2) is 4.98 Å². The number of fused-ring (bicyclic) bond motifs is 2. The van der Waals surface area contributed by atoms with Crippen molar-refractivity contribution in [3.63, 3.8) is 0 Å². The summed E-state index contributed by atoms with van der Waals surface area (Å²) in [6.07, 6.45) is 1.89. The quantitative estimate of drug-likeness (QED) is 0.480. The third-order valence-electron chi connectivity index (χ3n) is 4.39. The third-order valence-corrected chi connectivity index (χ3v) is 4.39. The highest BCUT2D eigenvalue weighted by atomic mass is 16.5. The molecule has 4 aromatic rings. The molecule has 0 fully saturated rings. The Bertz CT molecular complexity index is 1100. The molecular weight excluding hydrogens is 340 g/mol. The number of carbonyl (C=O) groups excluding carboxylic acids is 1. The molecule has 0 saturated carbocycles. The van der Waals surface area contributed by atoms with E-state index in [9.17, 15) is 4.79 Å². The highest BCUT2D eigenvalue weighted by molar-refractivity contribution is 5.83. The van der Waals surface area contributed by atoms with Gasteiger partial charge in [0.15, 0.2) is 0 Å². The van der Waals surface area contributed by atoms with E-state index in [1.165, 1.54) is 0 Å². The second-order valence-corrected chi connectivity index (χ2v) is 6.25. The van der Waals surface area contributed by atoms with Gasteiger partial charge in [0.25, 0.3) is 0 Å². The molecule has 0 amide bonds. The van der Waals surface area contributed by atoms with E-state index in [0.29, 0.717) is 13.2 Å². The van der Waals surface area contributed by atoms with Gasteiger partial charge in [0.05, 0.1) is 17.8 Å². The predicted molar refractivity (Wildman–Crippen MR) is 105 cm³/mol. The van der Waals surface area contributed by atoms with Crippen molar-refractivity contribution in [2.24, 2.45) is 0 Å². The first-order valence-corrected chi connectivity index (χ1v) is 8.95. The van der Waals surface area contributed by atoms with Crippen molar-refractivity contribution in [3.8, 4) is 5.75 Å². The van der Waals surface area contributed by atoms with Gasteiger partial charge in [0.1, 0.15) is 18.9 Å². The maximum absolute atomic E-state index is 11.7. The normalized spacial score (nSPS) is 11.0. The lowest BCUT2D eigenvalue weighted by Crippen LogP contribution is -2.12. The smallest absolute Gasteiger partial charge is 0.325 e. The number of esters is 1. The van der Waals surface area contributed by atoms with Crippen molar-refractivity contribution in [2.75, 3.05) is 6.61 Å². The summed E-state index contributed by atoms with van der Waals surface area (Å²) in [6, 6.07) is 19.9. The summed E-state index contributed by atoms with van der Waals surface area (Å²) in [6.45, 7) is 2.80. The van der Waals surface area contributed by atoms with Crippen LogP contribution in [0.25, 0.3) is 21.8 Å². The van der Waals surface area contributed by atoms with E-state index < -0.39 is 0 Å². The number of ether oxygens (including phenoxy) is 2. The molecule has 0 aliphatic carbocycles. The average molecular weight is 360 g/mol. The van der Waals surface area contributed by atoms with Gasteiger partial charge >= 0.3 is 5.97 Å². The van der Waals surface area contributed by atoms with E-state index in [2.05, 4.69) is 11.1 Å². The Morgan fingerprint density at radius 3 is 2.81 bits per heavy atom. The van der Waals surface area contributed by atoms with Crippen LogP contribution in [0.1, 0.15) is 12.6 Å². The Kier molecular flexibility index (Phi) is 4.75. The van der Waals surface area contributed by atoms with Crippen LogP contribution < -0.4 is 4.74 Å². The number of carbonyl (C=O) groups is 1. The van der Waals surface area contributed by atoms with Gasteiger partial charge < -0.3 is 14.0 Å². The summed E-state index contributed by atoms with van der Waals surface area (Å²) in [4.78, 5) is 16.3. The zero-order chi connectivity index (χ0) is 18.6. The minimum absolute atomic E-state index is 0.207. The molecule has 0 unspecified atom stereocenters. The van der Waals surface area contributed by atoms with Crippen LogP contribution in [0.15, 0.2) is 66.9 Å². The molecule has 0 saturated heterocycles. The lowest BCUT2D eigenvalue weighted by molar-refractivity contribution is -0.143. The Hall–Kier alpha value is -3.34. The maximum atomic E-state index is 11.7. The standard InChI is InChI=1S/C22H20N2O3/c1-2-26-22(25)14-24-12-11-17-13-19(9-10-21(17)24)27-15-18-8-7-16-5-3-4-6-20(16)23-18/h3-13H,2,14-15H2,1H3. The summed E-state index contributed by atoms with van der Waals surface area (Å²) in [5.41, 5.74) is 2.82. The van der Waals surface area contributed by atoms with Crippen molar-refractivity contribution < 1.29 is 14.3 Å². The fraction of sp³-hybridized carbons (Fsp3) is 0.182. The Balaban J connectivity index is 1.48. The number of hydrogen-bond donors (Lipinski definition) is 0. The Morgan fingerprint density at radius 2 is 1.93 bits per heavy atom.